The number of hydrogen-bond acceptors (Lipinski definition) is 3. The molecule has 0 spiro atoms. The van der Waals surface area contributed by atoms with Gasteiger partial charge in [-0.15, -0.1) is 0 Å². The van der Waals surface area contributed by atoms with Gasteiger partial charge in [-0.25, -0.2) is 4.98 Å². The number of hydrogen-bond donors (Lipinski definition) is 1. The van der Waals surface area contributed by atoms with E-state index in [4.69, 9.17) is 4.74 Å². The number of nitrogens with zero attached hydrogens (tertiary/aromatic N) is 1. The molecule has 1 saturated heterocycles. The van der Waals surface area contributed by atoms with Gasteiger partial charge in [-0.05, 0) is 18.6 Å². The molecule has 2 rings (SSSR count). The number of rotatable bonds is 2. The second kappa shape index (κ2) is 4.35. The maximum atomic E-state index is 13.1. The summed E-state index contributed by atoms with van der Waals surface area (Å²) in [5.74, 6) is -1.18. The van der Waals surface area contributed by atoms with E-state index in [0.29, 0.717) is 13.2 Å². The average molecular weight is 210 g/mol. The van der Waals surface area contributed by atoms with E-state index >= 15 is 0 Å². The van der Waals surface area contributed by atoms with Crippen LogP contribution in [0.1, 0.15) is 16.8 Å². The Bertz CT molecular complexity index is 364. The lowest BCUT2D eigenvalue weighted by Gasteiger charge is -2.10. The Hall–Kier alpha value is -1.49. The summed E-state index contributed by atoms with van der Waals surface area (Å²) in [6.45, 7) is 1.13. The zero-order chi connectivity index (χ0) is 10.7. The number of aromatic nitrogens is 1. The fraction of sp³-hybridized carbons (Fsp3) is 0.400. The standard InChI is InChI=1S/C10H11FN2O2/c11-9-8(2-1-4-12-9)10(14)13-7-3-5-15-6-7/h1-2,4,7H,3,5-6H2,(H,13,14). The van der Waals surface area contributed by atoms with Gasteiger partial charge in [0.2, 0.25) is 5.95 Å². The van der Waals surface area contributed by atoms with Crippen LogP contribution in [0.2, 0.25) is 0 Å². The Morgan fingerprint density at radius 2 is 2.53 bits per heavy atom. The first kappa shape index (κ1) is 10.0. The number of ether oxygens (including phenoxy) is 1. The monoisotopic (exact) mass is 210 g/mol. The van der Waals surface area contributed by atoms with Crippen LogP contribution in [0.5, 0.6) is 0 Å². The topological polar surface area (TPSA) is 51.2 Å². The minimum Gasteiger partial charge on any atom is -0.379 e. The highest BCUT2D eigenvalue weighted by molar-refractivity contribution is 5.94. The van der Waals surface area contributed by atoms with Gasteiger partial charge < -0.3 is 10.1 Å². The smallest absolute Gasteiger partial charge is 0.256 e. The van der Waals surface area contributed by atoms with Crippen LogP contribution in [-0.2, 0) is 4.74 Å². The fourth-order valence-corrected chi connectivity index (χ4v) is 1.47. The van der Waals surface area contributed by atoms with E-state index in [-0.39, 0.29) is 11.6 Å². The van der Waals surface area contributed by atoms with Crippen molar-refractivity contribution in [1.82, 2.24) is 10.3 Å². The SMILES string of the molecule is O=C(NC1CCOC1)c1cccnc1F. The molecular formula is C10H11FN2O2. The second-order valence-corrected chi connectivity index (χ2v) is 3.38. The maximum Gasteiger partial charge on any atom is 0.256 e. The number of amides is 1. The molecule has 15 heavy (non-hydrogen) atoms. The molecule has 1 aromatic heterocycles. The van der Waals surface area contributed by atoms with Gasteiger partial charge in [-0.2, -0.15) is 4.39 Å². The van der Waals surface area contributed by atoms with Gasteiger partial charge in [0.1, 0.15) is 0 Å². The molecule has 0 aromatic carbocycles. The fourth-order valence-electron chi connectivity index (χ4n) is 1.47. The molecule has 0 radical (unpaired) electrons. The molecule has 1 unspecified atom stereocenters. The van der Waals surface area contributed by atoms with Crippen LogP contribution >= 0.6 is 0 Å². The van der Waals surface area contributed by atoms with Crippen molar-refractivity contribution in [2.75, 3.05) is 13.2 Å². The van der Waals surface area contributed by atoms with Crippen LogP contribution in [0.25, 0.3) is 0 Å². The molecule has 0 bridgehead atoms. The van der Waals surface area contributed by atoms with E-state index in [0.717, 1.165) is 6.42 Å². The van der Waals surface area contributed by atoms with Crippen LogP contribution in [0.15, 0.2) is 18.3 Å². The van der Waals surface area contributed by atoms with Crippen molar-refractivity contribution >= 4 is 5.91 Å². The van der Waals surface area contributed by atoms with Crippen molar-refractivity contribution in [3.05, 3.63) is 29.8 Å². The van der Waals surface area contributed by atoms with Crippen LogP contribution in [-0.4, -0.2) is 30.1 Å². The summed E-state index contributed by atoms with van der Waals surface area (Å²) in [5.41, 5.74) is -0.0237. The number of halogens is 1. The van der Waals surface area contributed by atoms with Gasteiger partial charge in [-0.1, -0.05) is 0 Å². The Morgan fingerprint density at radius 1 is 1.67 bits per heavy atom. The van der Waals surface area contributed by atoms with Crippen molar-refractivity contribution in [2.45, 2.75) is 12.5 Å². The highest BCUT2D eigenvalue weighted by Crippen LogP contribution is 2.07. The molecule has 1 N–H and O–H groups in total. The zero-order valence-corrected chi connectivity index (χ0v) is 8.07. The summed E-state index contributed by atoms with van der Waals surface area (Å²) in [7, 11) is 0. The average Bonchev–Trinajstić information content (AvgIpc) is 2.71. The minimum atomic E-state index is -0.742. The molecule has 1 aliphatic heterocycles. The number of nitrogens with one attached hydrogen (secondary N) is 1. The summed E-state index contributed by atoms with van der Waals surface area (Å²) in [6.07, 6.45) is 2.08. The first-order valence-corrected chi connectivity index (χ1v) is 4.76. The van der Waals surface area contributed by atoms with Crippen molar-refractivity contribution in [1.29, 1.82) is 0 Å². The molecule has 5 heteroatoms. The van der Waals surface area contributed by atoms with Crippen molar-refractivity contribution < 1.29 is 13.9 Å². The van der Waals surface area contributed by atoms with E-state index in [1.54, 1.807) is 0 Å². The van der Waals surface area contributed by atoms with E-state index in [2.05, 4.69) is 10.3 Å². The first-order chi connectivity index (χ1) is 7.27. The Morgan fingerprint density at radius 3 is 3.20 bits per heavy atom. The van der Waals surface area contributed by atoms with Crippen LogP contribution in [0.3, 0.4) is 0 Å². The molecule has 2 heterocycles. The van der Waals surface area contributed by atoms with Crippen LogP contribution in [0.4, 0.5) is 4.39 Å². The summed E-state index contributed by atoms with van der Waals surface area (Å²) in [5, 5.41) is 2.69. The second-order valence-electron chi connectivity index (χ2n) is 3.38. The first-order valence-electron chi connectivity index (χ1n) is 4.76. The predicted octanol–water partition coefficient (Wildman–Crippen LogP) is 0.739. The largest absolute Gasteiger partial charge is 0.379 e. The molecule has 0 aliphatic carbocycles. The maximum absolute atomic E-state index is 13.1. The van der Waals surface area contributed by atoms with Crippen molar-refractivity contribution in [2.24, 2.45) is 0 Å². The normalized spacial score (nSPS) is 20.2. The van der Waals surface area contributed by atoms with E-state index in [9.17, 15) is 9.18 Å². The summed E-state index contributed by atoms with van der Waals surface area (Å²) < 4.78 is 18.2. The number of carbonyl (C=O) groups is 1. The van der Waals surface area contributed by atoms with Gasteiger partial charge in [0.25, 0.3) is 5.91 Å². The van der Waals surface area contributed by atoms with Crippen LogP contribution < -0.4 is 5.32 Å². The van der Waals surface area contributed by atoms with Gasteiger partial charge >= 0.3 is 0 Å². The summed E-state index contributed by atoms with van der Waals surface area (Å²) in [4.78, 5) is 15.0. The van der Waals surface area contributed by atoms with E-state index < -0.39 is 11.9 Å². The molecule has 1 aliphatic rings. The number of carbonyl (C=O) groups excluding carboxylic acids is 1. The van der Waals surface area contributed by atoms with Crippen molar-refractivity contribution in [3.8, 4) is 0 Å². The molecule has 1 amide bonds. The predicted molar refractivity (Wildman–Crippen MR) is 50.9 cm³/mol. The lowest BCUT2D eigenvalue weighted by molar-refractivity contribution is 0.0925. The summed E-state index contributed by atoms with van der Waals surface area (Å²) >= 11 is 0. The molecule has 1 atom stereocenters. The Kier molecular flexibility index (Phi) is 2.91. The molecule has 80 valence electrons. The quantitative estimate of drug-likeness (QED) is 0.732. The van der Waals surface area contributed by atoms with Gasteiger partial charge in [0.05, 0.1) is 18.2 Å². The minimum absolute atomic E-state index is 0.0166. The molecule has 1 fully saturated rings. The van der Waals surface area contributed by atoms with Gasteiger partial charge in [0.15, 0.2) is 0 Å². The van der Waals surface area contributed by atoms with E-state index in [1.165, 1.54) is 18.3 Å². The highest BCUT2D eigenvalue weighted by Gasteiger charge is 2.20. The van der Waals surface area contributed by atoms with E-state index in [1.807, 2.05) is 0 Å². The lowest BCUT2D eigenvalue weighted by Crippen LogP contribution is -2.35. The van der Waals surface area contributed by atoms with Crippen molar-refractivity contribution in [3.63, 3.8) is 0 Å². The highest BCUT2D eigenvalue weighted by atomic mass is 19.1. The molecule has 4 nitrogen and oxygen atoms in total. The van der Waals surface area contributed by atoms with Gasteiger partial charge in [-0.3, -0.25) is 4.79 Å². The Labute approximate surface area is 86.5 Å². The third-order valence-corrected chi connectivity index (χ3v) is 2.27. The number of pyridine rings is 1. The Balaban J connectivity index is 2.04. The van der Waals surface area contributed by atoms with Gasteiger partial charge in [0, 0.05) is 12.8 Å². The summed E-state index contributed by atoms with van der Waals surface area (Å²) in [6, 6.07) is 2.92. The molecule has 1 aromatic rings. The molecular weight excluding hydrogens is 199 g/mol. The zero-order valence-electron chi connectivity index (χ0n) is 8.07. The third kappa shape index (κ3) is 2.30. The molecule has 0 saturated carbocycles. The third-order valence-electron chi connectivity index (χ3n) is 2.27. The lowest BCUT2D eigenvalue weighted by atomic mass is 10.2. The van der Waals surface area contributed by atoms with Crippen LogP contribution in [0, 0.1) is 5.95 Å².